The van der Waals surface area contributed by atoms with Gasteiger partial charge in [0.2, 0.25) is 0 Å². The minimum Gasteiger partial charge on any atom is -0.477 e. The molecule has 0 saturated heterocycles. The van der Waals surface area contributed by atoms with E-state index in [2.05, 4.69) is 15.6 Å². The molecule has 1 heterocycles. The second-order valence-electron chi connectivity index (χ2n) is 6.20. The van der Waals surface area contributed by atoms with Crippen molar-refractivity contribution >= 4 is 29.7 Å². The van der Waals surface area contributed by atoms with Crippen LogP contribution in [0.5, 0.6) is 0 Å². The zero-order valence-corrected chi connectivity index (χ0v) is 16.2. The molecule has 0 bridgehead atoms. The lowest BCUT2D eigenvalue weighted by molar-refractivity contribution is -0.133. The van der Waals surface area contributed by atoms with Gasteiger partial charge in [-0.3, -0.25) is 4.79 Å². The quantitative estimate of drug-likeness (QED) is 0.512. The Kier molecular flexibility index (Phi) is 7.63. The van der Waals surface area contributed by atoms with Crippen LogP contribution in [-0.4, -0.2) is 39.9 Å². The summed E-state index contributed by atoms with van der Waals surface area (Å²) in [7, 11) is 0. The van der Waals surface area contributed by atoms with Crippen molar-refractivity contribution in [2.24, 2.45) is 0 Å². The SMILES string of the molecule is C/C=C(/NC(=O)c1cc(SC)cc(CNC(=O)OC(C)(C)C)n1)C(=O)O. The molecule has 3 N–H and O–H groups in total. The molecule has 1 rings (SSSR count). The van der Waals surface area contributed by atoms with Gasteiger partial charge in [0.1, 0.15) is 17.0 Å². The first-order valence-corrected chi connectivity index (χ1v) is 9.01. The number of alkyl carbamates (subject to hydrolysis) is 1. The number of carbonyl (C=O) groups is 3. The first-order valence-electron chi connectivity index (χ1n) is 7.78. The zero-order valence-electron chi connectivity index (χ0n) is 15.4. The average Bonchev–Trinajstić information content (AvgIpc) is 2.55. The van der Waals surface area contributed by atoms with Gasteiger partial charge in [-0.1, -0.05) is 6.08 Å². The molecule has 2 amide bonds. The van der Waals surface area contributed by atoms with Crippen molar-refractivity contribution in [3.05, 3.63) is 35.3 Å². The van der Waals surface area contributed by atoms with E-state index in [0.29, 0.717) is 5.69 Å². The Balaban J connectivity index is 2.92. The number of carboxylic acid groups (broad SMARTS) is 1. The number of pyridine rings is 1. The fourth-order valence-electron chi connectivity index (χ4n) is 1.80. The lowest BCUT2D eigenvalue weighted by atomic mass is 10.2. The van der Waals surface area contributed by atoms with Crippen molar-refractivity contribution in [3.8, 4) is 0 Å². The van der Waals surface area contributed by atoms with Crippen molar-refractivity contribution in [3.63, 3.8) is 0 Å². The normalized spacial score (nSPS) is 11.7. The molecule has 8 nitrogen and oxygen atoms in total. The van der Waals surface area contributed by atoms with Gasteiger partial charge < -0.3 is 20.5 Å². The highest BCUT2D eigenvalue weighted by Crippen LogP contribution is 2.17. The van der Waals surface area contributed by atoms with Crippen LogP contribution in [0.25, 0.3) is 0 Å². The van der Waals surface area contributed by atoms with E-state index in [0.717, 1.165) is 4.90 Å². The van der Waals surface area contributed by atoms with Gasteiger partial charge in [-0.25, -0.2) is 14.6 Å². The number of allylic oxidation sites excluding steroid dienone is 1. The molecule has 0 aliphatic heterocycles. The first kappa shape index (κ1) is 21.5. The van der Waals surface area contributed by atoms with E-state index >= 15 is 0 Å². The molecule has 0 aliphatic rings. The Bertz CT molecular complexity index is 726. The standard InChI is InChI=1S/C17H23N3O5S/c1-6-12(15(22)23)20-14(21)13-8-11(26-5)7-10(19-13)9-18-16(24)25-17(2,3)4/h6-8H,9H2,1-5H3,(H,18,24)(H,20,21)(H,22,23)/b12-6+. The molecule has 0 aromatic carbocycles. The molecule has 0 unspecified atom stereocenters. The van der Waals surface area contributed by atoms with E-state index in [1.54, 1.807) is 32.9 Å². The van der Waals surface area contributed by atoms with Crippen LogP contribution in [0, 0.1) is 0 Å². The van der Waals surface area contributed by atoms with Crippen molar-refractivity contribution in [1.82, 2.24) is 15.6 Å². The van der Waals surface area contributed by atoms with Crippen LogP contribution in [0.15, 0.2) is 28.8 Å². The van der Waals surface area contributed by atoms with Crippen molar-refractivity contribution < 1.29 is 24.2 Å². The maximum absolute atomic E-state index is 12.3. The highest BCUT2D eigenvalue weighted by Gasteiger charge is 2.17. The number of amides is 2. The lowest BCUT2D eigenvalue weighted by Crippen LogP contribution is -2.32. The number of nitrogens with one attached hydrogen (secondary N) is 2. The van der Waals surface area contributed by atoms with Crippen LogP contribution in [-0.2, 0) is 16.1 Å². The molecule has 26 heavy (non-hydrogen) atoms. The largest absolute Gasteiger partial charge is 0.477 e. The van der Waals surface area contributed by atoms with Gasteiger partial charge >= 0.3 is 12.1 Å². The average molecular weight is 381 g/mol. The highest BCUT2D eigenvalue weighted by molar-refractivity contribution is 7.98. The summed E-state index contributed by atoms with van der Waals surface area (Å²) in [6.07, 6.45) is 2.52. The molecule has 142 valence electrons. The van der Waals surface area contributed by atoms with E-state index in [4.69, 9.17) is 9.84 Å². The minimum atomic E-state index is -1.24. The maximum atomic E-state index is 12.3. The molecule has 0 aliphatic carbocycles. The topological polar surface area (TPSA) is 118 Å². The summed E-state index contributed by atoms with van der Waals surface area (Å²) in [4.78, 5) is 40.0. The maximum Gasteiger partial charge on any atom is 0.407 e. The molecule has 0 atom stereocenters. The van der Waals surface area contributed by atoms with E-state index in [1.807, 2.05) is 6.26 Å². The number of ether oxygens (including phenoxy) is 1. The van der Waals surface area contributed by atoms with Crippen molar-refractivity contribution in [2.75, 3.05) is 6.26 Å². The van der Waals surface area contributed by atoms with Crippen molar-refractivity contribution in [1.29, 1.82) is 0 Å². The Hall–Kier alpha value is -2.55. The van der Waals surface area contributed by atoms with Crippen molar-refractivity contribution in [2.45, 2.75) is 44.7 Å². The Morgan fingerprint density at radius 1 is 1.31 bits per heavy atom. The molecule has 0 fully saturated rings. The number of aliphatic carboxylic acids is 1. The second kappa shape index (κ2) is 9.23. The summed E-state index contributed by atoms with van der Waals surface area (Å²) in [5, 5.41) is 13.9. The fraction of sp³-hybridized carbons (Fsp3) is 0.412. The van der Waals surface area contributed by atoms with Crippen LogP contribution in [0.3, 0.4) is 0 Å². The summed E-state index contributed by atoms with van der Waals surface area (Å²) >= 11 is 1.39. The summed E-state index contributed by atoms with van der Waals surface area (Å²) in [5.74, 6) is -1.89. The minimum absolute atomic E-state index is 0.0541. The van der Waals surface area contributed by atoms with Crippen LogP contribution in [0.2, 0.25) is 0 Å². The van der Waals surface area contributed by atoms with Crippen LogP contribution in [0.4, 0.5) is 4.79 Å². The Morgan fingerprint density at radius 3 is 2.46 bits per heavy atom. The third kappa shape index (κ3) is 7.14. The van der Waals surface area contributed by atoms with Gasteiger partial charge in [0, 0.05) is 4.90 Å². The Morgan fingerprint density at radius 2 is 1.96 bits per heavy atom. The molecular formula is C17H23N3O5S. The monoisotopic (exact) mass is 381 g/mol. The third-order valence-electron chi connectivity index (χ3n) is 2.90. The van der Waals surface area contributed by atoms with Gasteiger partial charge in [-0.15, -0.1) is 11.8 Å². The van der Waals surface area contributed by atoms with Gasteiger partial charge in [0.25, 0.3) is 5.91 Å². The van der Waals surface area contributed by atoms with Crippen LogP contribution < -0.4 is 10.6 Å². The zero-order chi connectivity index (χ0) is 19.9. The van der Waals surface area contributed by atoms with Crippen LogP contribution >= 0.6 is 11.8 Å². The third-order valence-corrected chi connectivity index (χ3v) is 3.61. The smallest absolute Gasteiger partial charge is 0.407 e. The molecule has 0 saturated carbocycles. The number of hydrogen-bond donors (Lipinski definition) is 3. The molecule has 0 spiro atoms. The number of nitrogens with zero attached hydrogens (tertiary/aromatic N) is 1. The number of carboxylic acids is 1. The van der Waals surface area contributed by atoms with E-state index in [-0.39, 0.29) is 17.9 Å². The number of carbonyl (C=O) groups excluding carboxylic acids is 2. The van der Waals surface area contributed by atoms with Crippen LogP contribution in [0.1, 0.15) is 43.9 Å². The molecule has 0 radical (unpaired) electrons. The van der Waals surface area contributed by atoms with Gasteiger partial charge in [0.15, 0.2) is 0 Å². The molecule has 9 heteroatoms. The van der Waals surface area contributed by atoms with E-state index in [1.165, 1.54) is 24.8 Å². The second-order valence-corrected chi connectivity index (χ2v) is 7.08. The Labute approximate surface area is 156 Å². The number of thioether (sulfide) groups is 1. The molecule has 1 aromatic heterocycles. The number of hydrogen-bond acceptors (Lipinski definition) is 6. The number of rotatable bonds is 6. The number of aromatic nitrogens is 1. The first-order chi connectivity index (χ1) is 12.1. The van der Waals surface area contributed by atoms with Gasteiger partial charge in [0.05, 0.1) is 12.2 Å². The van der Waals surface area contributed by atoms with E-state index < -0.39 is 23.6 Å². The lowest BCUT2D eigenvalue weighted by Gasteiger charge is -2.19. The molecule has 1 aromatic rings. The summed E-state index contributed by atoms with van der Waals surface area (Å²) in [6.45, 7) is 6.83. The van der Waals surface area contributed by atoms with Gasteiger partial charge in [-0.05, 0) is 46.1 Å². The summed E-state index contributed by atoms with van der Waals surface area (Å²) < 4.78 is 5.15. The highest BCUT2D eigenvalue weighted by atomic mass is 32.2. The predicted octanol–water partition coefficient (Wildman–Crippen LogP) is 2.55. The van der Waals surface area contributed by atoms with E-state index in [9.17, 15) is 14.4 Å². The fourth-order valence-corrected chi connectivity index (χ4v) is 2.28. The predicted molar refractivity (Wildman–Crippen MR) is 98.0 cm³/mol. The molecular weight excluding hydrogens is 358 g/mol. The summed E-state index contributed by atoms with van der Waals surface area (Å²) in [6, 6.07) is 3.28. The summed E-state index contributed by atoms with van der Waals surface area (Å²) in [5.41, 5.74) is -0.355. The van der Waals surface area contributed by atoms with Gasteiger partial charge in [-0.2, -0.15) is 0 Å².